The summed E-state index contributed by atoms with van der Waals surface area (Å²) < 4.78 is 11.8. The number of aromatic nitrogens is 3. The Morgan fingerprint density at radius 3 is 1.87 bits per heavy atom. The van der Waals surface area contributed by atoms with Crippen molar-refractivity contribution < 1.29 is 8.83 Å². The Morgan fingerprint density at radius 2 is 1.29 bits per heavy atom. The summed E-state index contributed by atoms with van der Waals surface area (Å²) in [6, 6.07) is 18.3. The first-order valence-corrected chi connectivity index (χ1v) is 9.05. The van der Waals surface area contributed by atoms with Gasteiger partial charge in [-0.1, -0.05) is 30.3 Å². The van der Waals surface area contributed by atoms with Crippen molar-refractivity contribution in [1.82, 2.24) is 15.0 Å². The molecule has 3 aromatic heterocycles. The van der Waals surface area contributed by atoms with Gasteiger partial charge in [-0.2, -0.15) is 15.8 Å². The Hall–Kier alpha value is -5.00. The number of rotatable bonds is 2. The molecular weight excluding hydrogens is 392 g/mol. The molecule has 8 heteroatoms. The monoisotopic (exact) mass is 404 g/mol. The van der Waals surface area contributed by atoms with Crippen LogP contribution in [0.5, 0.6) is 0 Å². The van der Waals surface area contributed by atoms with Gasteiger partial charge in [0.25, 0.3) is 0 Å². The average molecular weight is 404 g/mol. The minimum Gasteiger partial charge on any atom is -0.432 e. The van der Waals surface area contributed by atoms with E-state index in [9.17, 15) is 15.8 Å². The van der Waals surface area contributed by atoms with E-state index < -0.39 is 0 Å². The van der Waals surface area contributed by atoms with Gasteiger partial charge in [-0.25, -0.2) is 9.97 Å². The van der Waals surface area contributed by atoms with Crippen molar-refractivity contribution in [2.75, 3.05) is 0 Å². The van der Waals surface area contributed by atoms with Gasteiger partial charge in [0.1, 0.15) is 29.6 Å². The second kappa shape index (κ2) is 8.16. The summed E-state index contributed by atoms with van der Waals surface area (Å²) in [4.78, 5) is 12.9. The minimum atomic E-state index is -0.276. The van der Waals surface area contributed by atoms with Crippen LogP contribution in [-0.2, 0) is 0 Å². The lowest BCUT2D eigenvalue weighted by Gasteiger charge is -1.95. The summed E-state index contributed by atoms with van der Waals surface area (Å²) in [5.74, 6) is 0. The third kappa shape index (κ3) is 3.55. The maximum absolute atomic E-state index is 9.30. The van der Waals surface area contributed by atoms with Crippen molar-refractivity contribution in [3.63, 3.8) is 0 Å². The molecule has 0 N–H and O–H groups in total. The lowest BCUT2D eigenvalue weighted by Crippen LogP contribution is -2.04. The van der Waals surface area contributed by atoms with E-state index in [4.69, 9.17) is 8.83 Å². The molecule has 4 rings (SSSR count). The molecule has 0 saturated carbocycles. The summed E-state index contributed by atoms with van der Waals surface area (Å²) in [5.41, 5.74) is 2.62. The maximum Gasteiger partial charge on any atom is 0.249 e. The average Bonchev–Trinajstić information content (AvgIpc) is 3.46. The van der Waals surface area contributed by atoms with Crippen LogP contribution in [-0.4, -0.2) is 15.0 Å². The minimum absolute atomic E-state index is 0.134. The predicted molar refractivity (Wildman–Crippen MR) is 108 cm³/mol. The normalized spacial score (nSPS) is 12.3. The highest BCUT2D eigenvalue weighted by atomic mass is 16.4. The van der Waals surface area contributed by atoms with Crippen LogP contribution < -0.4 is 11.1 Å². The van der Waals surface area contributed by atoms with E-state index in [2.05, 4.69) is 15.0 Å². The zero-order valence-corrected chi connectivity index (χ0v) is 16.2. The molecule has 8 nitrogen and oxygen atoms in total. The van der Waals surface area contributed by atoms with Crippen molar-refractivity contribution in [1.29, 1.82) is 15.8 Å². The summed E-state index contributed by atoms with van der Waals surface area (Å²) >= 11 is 0. The Bertz CT molecular complexity index is 1600. The predicted octanol–water partition coefficient (Wildman–Crippen LogP) is 2.57. The van der Waals surface area contributed by atoms with Crippen molar-refractivity contribution >= 4 is 11.1 Å². The molecule has 0 amide bonds. The molecule has 4 aromatic rings. The van der Waals surface area contributed by atoms with Gasteiger partial charge in [-0.15, -0.1) is 0 Å². The van der Waals surface area contributed by atoms with Gasteiger partial charge in [0, 0.05) is 23.5 Å². The first-order chi connectivity index (χ1) is 15.2. The standard InChI is InChI=1S/C23H12N6O2/c1-14(11-24)22-28-18(15-5-3-2-4-6-15)20(30-22)21-19(16-7-9-27-10-8-16)29-23(31-21)17(12-25)13-26/h2-10H,1H3/b21-20+,22-14+. The molecule has 0 saturated heterocycles. The van der Waals surface area contributed by atoms with Crippen molar-refractivity contribution in [3.8, 4) is 40.7 Å². The first-order valence-electron chi connectivity index (χ1n) is 9.05. The van der Waals surface area contributed by atoms with Crippen LogP contribution in [0.2, 0.25) is 0 Å². The van der Waals surface area contributed by atoms with Crippen LogP contribution in [0.25, 0.3) is 33.7 Å². The number of hydrogen-bond donors (Lipinski definition) is 0. The third-order valence-corrected chi connectivity index (χ3v) is 4.39. The second-order valence-corrected chi connectivity index (χ2v) is 6.33. The van der Waals surface area contributed by atoms with E-state index in [-0.39, 0.29) is 33.1 Å². The van der Waals surface area contributed by atoms with E-state index in [0.717, 1.165) is 5.56 Å². The van der Waals surface area contributed by atoms with Crippen molar-refractivity contribution in [2.24, 2.45) is 0 Å². The lowest BCUT2D eigenvalue weighted by atomic mass is 10.1. The molecule has 0 aliphatic rings. The summed E-state index contributed by atoms with van der Waals surface area (Å²) in [7, 11) is 0. The molecule has 1 aromatic carbocycles. The van der Waals surface area contributed by atoms with Gasteiger partial charge in [0.2, 0.25) is 21.9 Å². The van der Waals surface area contributed by atoms with Gasteiger partial charge in [0.15, 0.2) is 5.57 Å². The maximum atomic E-state index is 9.30. The molecule has 31 heavy (non-hydrogen) atoms. The van der Waals surface area contributed by atoms with E-state index in [1.54, 1.807) is 43.6 Å². The molecule has 0 atom stereocenters. The number of hydrogen-bond acceptors (Lipinski definition) is 8. The van der Waals surface area contributed by atoms with Gasteiger partial charge < -0.3 is 8.83 Å². The lowest BCUT2D eigenvalue weighted by molar-refractivity contribution is 0.440. The van der Waals surface area contributed by atoms with Gasteiger partial charge in [0.05, 0.1) is 5.57 Å². The highest BCUT2D eigenvalue weighted by Crippen LogP contribution is 2.22. The number of oxazole rings is 2. The quantitative estimate of drug-likeness (QED) is 0.497. The molecule has 3 heterocycles. The molecule has 0 aliphatic heterocycles. The van der Waals surface area contributed by atoms with Crippen molar-refractivity contribution in [2.45, 2.75) is 6.92 Å². The molecule has 0 fully saturated rings. The highest BCUT2D eigenvalue weighted by molar-refractivity contribution is 5.71. The van der Waals surface area contributed by atoms with Crippen molar-refractivity contribution in [3.05, 3.63) is 76.8 Å². The van der Waals surface area contributed by atoms with Crippen LogP contribution >= 0.6 is 0 Å². The fourth-order valence-corrected chi connectivity index (χ4v) is 2.88. The number of pyridine rings is 1. The second-order valence-electron chi connectivity index (χ2n) is 6.33. The zero-order chi connectivity index (χ0) is 21.8. The number of nitrogens with zero attached hydrogens (tertiary/aromatic N) is 6. The molecule has 0 spiro atoms. The Labute approximate surface area is 175 Å². The van der Waals surface area contributed by atoms with Crippen LogP contribution in [0, 0.1) is 44.8 Å². The van der Waals surface area contributed by atoms with Gasteiger partial charge in [-0.05, 0) is 19.1 Å². The molecule has 146 valence electrons. The molecule has 0 unspecified atom stereocenters. The fraction of sp³-hybridized carbons (Fsp3) is 0.0435. The van der Waals surface area contributed by atoms with E-state index in [0.29, 0.717) is 17.0 Å². The summed E-state index contributed by atoms with van der Waals surface area (Å²) in [6.07, 6.45) is 3.18. The Balaban J connectivity index is 2.28. The number of benzene rings is 1. The zero-order valence-electron chi connectivity index (χ0n) is 16.2. The SMILES string of the molecule is C/C(C#N)=c1/nc(-c2ccccc2)/c(=c2\oc(=C(C#N)C#N)nc2-c2ccncc2)o1. The van der Waals surface area contributed by atoms with Crippen LogP contribution in [0.1, 0.15) is 6.92 Å². The van der Waals surface area contributed by atoms with E-state index in [1.165, 1.54) is 0 Å². The first kappa shape index (κ1) is 19.3. The largest absolute Gasteiger partial charge is 0.432 e. The van der Waals surface area contributed by atoms with Crippen LogP contribution in [0.3, 0.4) is 0 Å². The van der Waals surface area contributed by atoms with Crippen LogP contribution in [0.15, 0.2) is 63.7 Å². The fourth-order valence-electron chi connectivity index (χ4n) is 2.88. The molecule has 0 bridgehead atoms. The van der Waals surface area contributed by atoms with Crippen LogP contribution in [0.4, 0.5) is 0 Å². The van der Waals surface area contributed by atoms with Gasteiger partial charge >= 0.3 is 0 Å². The molecule has 0 aliphatic carbocycles. The smallest absolute Gasteiger partial charge is 0.249 e. The third-order valence-electron chi connectivity index (χ3n) is 4.39. The Kier molecular flexibility index (Phi) is 5.09. The topological polar surface area (TPSA) is 136 Å². The summed E-state index contributed by atoms with van der Waals surface area (Å²) in [6.45, 7) is 1.59. The summed E-state index contributed by atoms with van der Waals surface area (Å²) in [5, 5.41) is 27.8. The molecular formula is C23H12N6O2. The number of nitriles is 3. The Morgan fingerprint density at radius 1 is 0.742 bits per heavy atom. The van der Waals surface area contributed by atoms with Gasteiger partial charge in [-0.3, -0.25) is 4.98 Å². The molecule has 0 radical (unpaired) electrons. The highest BCUT2D eigenvalue weighted by Gasteiger charge is 2.16. The van der Waals surface area contributed by atoms with E-state index in [1.807, 2.05) is 36.4 Å². The van der Waals surface area contributed by atoms with E-state index >= 15 is 0 Å².